The fourth-order valence-electron chi connectivity index (χ4n) is 1.69. The molecule has 0 aliphatic heterocycles. The van der Waals surface area contributed by atoms with Crippen LogP contribution >= 0.6 is 0 Å². The van der Waals surface area contributed by atoms with Crippen LogP contribution in [-0.4, -0.2) is 10.9 Å². The average molecular weight is 280 g/mol. The molecule has 2 aromatic rings. The number of hydrogen-bond donors (Lipinski definition) is 1. The Kier molecular flexibility index (Phi) is 4.02. The molecule has 0 saturated carbocycles. The number of carbonyl (C=O) groups excluding carboxylic acids is 1. The van der Waals surface area contributed by atoms with E-state index in [1.54, 1.807) is 6.92 Å². The van der Waals surface area contributed by atoms with E-state index >= 15 is 0 Å². The zero-order chi connectivity index (χ0) is 14.7. The van der Waals surface area contributed by atoms with Crippen LogP contribution in [0.15, 0.2) is 36.5 Å². The summed E-state index contributed by atoms with van der Waals surface area (Å²) in [5.74, 6) is -3.23. The molecule has 6 heteroatoms. The molecule has 1 amide bonds. The molecule has 0 aliphatic rings. The Morgan fingerprint density at radius 3 is 2.55 bits per heavy atom. The van der Waals surface area contributed by atoms with Crippen molar-refractivity contribution in [2.24, 2.45) is 0 Å². The van der Waals surface area contributed by atoms with Crippen molar-refractivity contribution in [2.75, 3.05) is 0 Å². The zero-order valence-electron chi connectivity index (χ0n) is 10.5. The summed E-state index contributed by atoms with van der Waals surface area (Å²) in [7, 11) is 0. The summed E-state index contributed by atoms with van der Waals surface area (Å²) in [6, 6.07) is 5.17. The van der Waals surface area contributed by atoms with Gasteiger partial charge in [-0.15, -0.1) is 0 Å². The smallest absolute Gasteiger partial charge is 0.251 e. The maximum atomic E-state index is 13.1. The molecule has 1 unspecified atom stereocenters. The Labute approximate surface area is 113 Å². The molecule has 20 heavy (non-hydrogen) atoms. The van der Waals surface area contributed by atoms with Gasteiger partial charge in [0.15, 0.2) is 11.6 Å². The van der Waals surface area contributed by atoms with Gasteiger partial charge >= 0.3 is 0 Å². The van der Waals surface area contributed by atoms with Crippen molar-refractivity contribution in [1.82, 2.24) is 10.3 Å². The van der Waals surface area contributed by atoms with Crippen molar-refractivity contribution in [1.29, 1.82) is 0 Å². The van der Waals surface area contributed by atoms with Gasteiger partial charge in [-0.1, -0.05) is 6.07 Å². The summed E-state index contributed by atoms with van der Waals surface area (Å²) < 4.78 is 38.8. The molecule has 1 N–H and O–H groups in total. The number of hydrogen-bond acceptors (Lipinski definition) is 2. The van der Waals surface area contributed by atoms with Crippen LogP contribution in [0.25, 0.3) is 0 Å². The van der Waals surface area contributed by atoms with Gasteiger partial charge in [-0.25, -0.2) is 13.8 Å². The van der Waals surface area contributed by atoms with Crippen LogP contribution in [0.1, 0.15) is 28.9 Å². The Morgan fingerprint density at radius 1 is 1.15 bits per heavy atom. The van der Waals surface area contributed by atoms with Gasteiger partial charge < -0.3 is 5.32 Å². The predicted molar refractivity (Wildman–Crippen MR) is 66.4 cm³/mol. The first-order chi connectivity index (χ1) is 9.47. The summed E-state index contributed by atoms with van der Waals surface area (Å²) in [5.41, 5.74) is 0.513. The third-order valence-electron chi connectivity index (χ3n) is 2.78. The largest absolute Gasteiger partial charge is 0.346 e. The monoisotopic (exact) mass is 280 g/mol. The molecule has 2 rings (SSSR count). The number of nitrogens with zero attached hydrogens (tertiary/aromatic N) is 1. The predicted octanol–water partition coefficient (Wildman–Crippen LogP) is 2.99. The maximum absolute atomic E-state index is 13.1. The molecule has 1 aromatic heterocycles. The minimum Gasteiger partial charge on any atom is -0.346 e. The van der Waals surface area contributed by atoms with Crippen molar-refractivity contribution in [3.8, 4) is 0 Å². The van der Waals surface area contributed by atoms with Gasteiger partial charge in [0.2, 0.25) is 5.95 Å². The van der Waals surface area contributed by atoms with Crippen LogP contribution in [0.2, 0.25) is 0 Å². The summed E-state index contributed by atoms with van der Waals surface area (Å²) >= 11 is 0. The quantitative estimate of drug-likeness (QED) is 0.878. The highest BCUT2D eigenvalue weighted by molar-refractivity contribution is 5.94. The van der Waals surface area contributed by atoms with Crippen LogP contribution in [0.4, 0.5) is 13.2 Å². The maximum Gasteiger partial charge on any atom is 0.251 e. The summed E-state index contributed by atoms with van der Waals surface area (Å²) in [5, 5.41) is 2.56. The van der Waals surface area contributed by atoms with Crippen molar-refractivity contribution in [3.63, 3.8) is 0 Å². The number of carbonyl (C=O) groups is 1. The third kappa shape index (κ3) is 3.14. The second-order valence-corrected chi connectivity index (χ2v) is 4.24. The van der Waals surface area contributed by atoms with Crippen molar-refractivity contribution in [2.45, 2.75) is 13.0 Å². The van der Waals surface area contributed by atoms with Gasteiger partial charge in [-0.05, 0) is 30.7 Å². The number of aromatic nitrogens is 1. The molecule has 1 aromatic carbocycles. The molecule has 104 valence electrons. The molecular weight excluding hydrogens is 269 g/mol. The molecule has 0 aliphatic carbocycles. The van der Waals surface area contributed by atoms with Crippen molar-refractivity contribution in [3.05, 3.63) is 65.2 Å². The Balaban J connectivity index is 2.13. The lowest BCUT2D eigenvalue weighted by Crippen LogP contribution is -2.26. The highest BCUT2D eigenvalue weighted by Crippen LogP contribution is 2.16. The lowest BCUT2D eigenvalue weighted by atomic mass is 10.1. The molecule has 0 bridgehead atoms. The molecule has 0 fully saturated rings. The number of pyridine rings is 1. The van der Waals surface area contributed by atoms with E-state index in [-0.39, 0.29) is 5.56 Å². The van der Waals surface area contributed by atoms with E-state index < -0.39 is 29.5 Å². The van der Waals surface area contributed by atoms with E-state index in [0.717, 1.165) is 18.2 Å². The van der Waals surface area contributed by atoms with E-state index in [9.17, 15) is 18.0 Å². The molecule has 0 radical (unpaired) electrons. The van der Waals surface area contributed by atoms with Crippen LogP contribution in [0, 0.1) is 17.6 Å². The number of benzene rings is 1. The highest BCUT2D eigenvalue weighted by atomic mass is 19.2. The second kappa shape index (κ2) is 5.73. The third-order valence-corrected chi connectivity index (χ3v) is 2.78. The standard InChI is InChI=1S/C14H11F3N2O/c1-8(9-2-3-11(15)12(16)6-9)19-14(20)10-4-5-18-13(17)7-10/h2-8H,1H3,(H,19,20). The summed E-state index contributed by atoms with van der Waals surface area (Å²) in [6.45, 7) is 1.61. The van der Waals surface area contributed by atoms with Crippen molar-refractivity contribution >= 4 is 5.91 Å². The van der Waals surface area contributed by atoms with Gasteiger partial charge in [-0.3, -0.25) is 4.79 Å². The number of halogens is 3. The Hall–Kier alpha value is -2.37. The molecule has 0 spiro atoms. The van der Waals surface area contributed by atoms with Crippen molar-refractivity contribution < 1.29 is 18.0 Å². The van der Waals surface area contributed by atoms with Gasteiger partial charge in [-0.2, -0.15) is 4.39 Å². The minimum atomic E-state index is -0.987. The molecule has 3 nitrogen and oxygen atoms in total. The number of nitrogens with one attached hydrogen (secondary N) is 1. The first-order valence-corrected chi connectivity index (χ1v) is 5.84. The number of rotatable bonds is 3. The van der Waals surface area contributed by atoms with E-state index in [2.05, 4.69) is 10.3 Å². The van der Waals surface area contributed by atoms with E-state index in [1.807, 2.05) is 0 Å². The molecule has 0 saturated heterocycles. The van der Waals surface area contributed by atoms with Gasteiger partial charge in [0.25, 0.3) is 5.91 Å². The van der Waals surface area contributed by atoms with E-state index in [0.29, 0.717) is 5.56 Å². The normalized spacial score (nSPS) is 12.0. The SMILES string of the molecule is CC(NC(=O)c1ccnc(F)c1)c1ccc(F)c(F)c1. The van der Waals surface area contributed by atoms with E-state index in [4.69, 9.17) is 0 Å². The molecule has 1 heterocycles. The second-order valence-electron chi connectivity index (χ2n) is 4.24. The Bertz CT molecular complexity index is 646. The number of amides is 1. The fraction of sp³-hybridized carbons (Fsp3) is 0.143. The van der Waals surface area contributed by atoms with Crippen LogP contribution < -0.4 is 5.32 Å². The fourth-order valence-corrected chi connectivity index (χ4v) is 1.69. The van der Waals surface area contributed by atoms with Crippen LogP contribution in [-0.2, 0) is 0 Å². The molecular formula is C14H11F3N2O. The van der Waals surface area contributed by atoms with Gasteiger partial charge in [0, 0.05) is 17.8 Å². The van der Waals surface area contributed by atoms with Gasteiger partial charge in [0.1, 0.15) is 0 Å². The first kappa shape index (κ1) is 14.0. The Morgan fingerprint density at radius 2 is 1.90 bits per heavy atom. The van der Waals surface area contributed by atoms with Crippen LogP contribution in [0.3, 0.4) is 0 Å². The average Bonchev–Trinajstić information content (AvgIpc) is 2.41. The zero-order valence-corrected chi connectivity index (χ0v) is 10.5. The summed E-state index contributed by atoms with van der Waals surface area (Å²) in [6.07, 6.45) is 1.17. The van der Waals surface area contributed by atoms with E-state index in [1.165, 1.54) is 18.3 Å². The lowest BCUT2D eigenvalue weighted by molar-refractivity contribution is 0.0939. The minimum absolute atomic E-state index is 0.104. The van der Waals surface area contributed by atoms with Crippen LogP contribution in [0.5, 0.6) is 0 Å². The topological polar surface area (TPSA) is 42.0 Å². The highest BCUT2D eigenvalue weighted by Gasteiger charge is 2.13. The summed E-state index contributed by atoms with van der Waals surface area (Å²) in [4.78, 5) is 15.2. The first-order valence-electron chi connectivity index (χ1n) is 5.84. The lowest BCUT2D eigenvalue weighted by Gasteiger charge is -2.14. The molecule has 1 atom stereocenters. The van der Waals surface area contributed by atoms with Gasteiger partial charge in [0.05, 0.1) is 6.04 Å².